The van der Waals surface area contributed by atoms with E-state index in [2.05, 4.69) is 48.5 Å². The summed E-state index contributed by atoms with van der Waals surface area (Å²) in [4.78, 5) is 0. The summed E-state index contributed by atoms with van der Waals surface area (Å²) >= 11 is 0. The van der Waals surface area contributed by atoms with E-state index in [1.807, 2.05) is 6.07 Å². The summed E-state index contributed by atoms with van der Waals surface area (Å²) in [7, 11) is 6.88. The molecule has 2 atom stereocenters. The topological polar surface area (TPSA) is 36.9 Å². The quantitative estimate of drug-likeness (QED) is 0.494. The van der Waals surface area contributed by atoms with Crippen molar-refractivity contribution in [2.45, 2.75) is 32.0 Å². The summed E-state index contributed by atoms with van der Waals surface area (Å²) in [5.41, 5.74) is 6.70. The fourth-order valence-electron chi connectivity index (χ4n) is 5.86. The van der Waals surface area contributed by atoms with Crippen LogP contribution >= 0.6 is 0 Å². The van der Waals surface area contributed by atoms with Crippen molar-refractivity contribution in [2.24, 2.45) is 0 Å². The van der Waals surface area contributed by atoms with Gasteiger partial charge in [-0.25, -0.2) is 0 Å². The summed E-state index contributed by atoms with van der Waals surface area (Å²) in [5.74, 6) is 3.28. The van der Waals surface area contributed by atoms with Gasteiger partial charge in [-0.05, 0) is 29.3 Å². The summed E-state index contributed by atoms with van der Waals surface area (Å²) in [6.45, 7) is 2.93. The van der Waals surface area contributed by atoms with Gasteiger partial charge < -0.3 is 23.4 Å². The maximum absolute atomic E-state index is 5.87. The molecular formula is C28H32NO4+. The number of hydrogen-bond acceptors (Lipinski definition) is 4. The Bertz CT molecular complexity index is 1160. The van der Waals surface area contributed by atoms with Crippen LogP contribution in [0.3, 0.4) is 0 Å². The van der Waals surface area contributed by atoms with Crippen LogP contribution in [-0.2, 0) is 25.9 Å². The molecule has 0 saturated heterocycles. The van der Waals surface area contributed by atoms with E-state index in [9.17, 15) is 0 Å². The molecule has 0 aromatic heterocycles. The normalized spacial score (nSPS) is 20.8. The van der Waals surface area contributed by atoms with Crippen LogP contribution in [0.1, 0.15) is 33.9 Å². The first-order valence-corrected chi connectivity index (χ1v) is 11.5. The molecule has 33 heavy (non-hydrogen) atoms. The molecule has 3 aromatic rings. The van der Waals surface area contributed by atoms with Gasteiger partial charge in [0.05, 0.1) is 40.5 Å². The number of nitrogens with zero attached hydrogens (tertiary/aromatic N) is 1. The standard InChI is InChI=1S/C28H32NO4/c1-30-25-11-10-20-14-24-22-16-27(32-3)26(31-2)15-21(22)12-13-29(24,18-23(20)28(25)33-4)17-19-8-6-5-7-9-19/h5-11,15-16,24H,12-14,17-18H2,1-4H3/q+1. The van der Waals surface area contributed by atoms with E-state index >= 15 is 0 Å². The van der Waals surface area contributed by atoms with Crippen LogP contribution in [0.15, 0.2) is 54.6 Å². The van der Waals surface area contributed by atoms with Gasteiger partial charge in [-0.2, -0.15) is 0 Å². The molecule has 2 aliphatic rings. The largest absolute Gasteiger partial charge is 0.493 e. The van der Waals surface area contributed by atoms with E-state index in [0.29, 0.717) is 6.04 Å². The lowest BCUT2D eigenvalue weighted by atomic mass is 9.80. The molecule has 5 heteroatoms. The second-order valence-corrected chi connectivity index (χ2v) is 9.06. The minimum atomic E-state index is 0.333. The Morgan fingerprint density at radius 3 is 2.21 bits per heavy atom. The smallest absolute Gasteiger partial charge is 0.169 e. The van der Waals surface area contributed by atoms with Gasteiger partial charge in [-0.15, -0.1) is 0 Å². The first-order valence-electron chi connectivity index (χ1n) is 11.5. The van der Waals surface area contributed by atoms with Crippen molar-refractivity contribution in [3.8, 4) is 23.0 Å². The number of quaternary nitrogens is 1. The Kier molecular flexibility index (Phi) is 5.67. The maximum Gasteiger partial charge on any atom is 0.169 e. The molecule has 0 fully saturated rings. The molecular weight excluding hydrogens is 414 g/mol. The second kappa shape index (κ2) is 8.64. The number of benzene rings is 3. The zero-order chi connectivity index (χ0) is 23.0. The van der Waals surface area contributed by atoms with Gasteiger partial charge in [-0.3, -0.25) is 0 Å². The molecule has 5 rings (SSSR count). The van der Waals surface area contributed by atoms with Gasteiger partial charge in [0, 0.05) is 24.0 Å². The summed E-state index contributed by atoms with van der Waals surface area (Å²) in [6, 6.07) is 19.8. The van der Waals surface area contributed by atoms with Crippen LogP contribution in [0.2, 0.25) is 0 Å². The van der Waals surface area contributed by atoms with Crippen LogP contribution in [0.25, 0.3) is 0 Å². The van der Waals surface area contributed by atoms with Crippen molar-refractivity contribution in [1.29, 1.82) is 0 Å². The highest BCUT2D eigenvalue weighted by atomic mass is 16.5. The van der Waals surface area contributed by atoms with Gasteiger partial charge in [0.15, 0.2) is 23.0 Å². The summed E-state index contributed by atoms with van der Waals surface area (Å²) in [5, 5.41) is 0. The number of hydrogen-bond donors (Lipinski definition) is 0. The van der Waals surface area contributed by atoms with Crippen molar-refractivity contribution in [1.82, 2.24) is 0 Å². The molecule has 0 amide bonds. The van der Waals surface area contributed by atoms with Gasteiger partial charge in [-0.1, -0.05) is 36.4 Å². The Hall–Kier alpha value is -3.18. The number of rotatable bonds is 6. The van der Waals surface area contributed by atoms with Crippen LogP contribution in [-0.4, -0.2) is 39.5 Å². The molecule has 0 N–H and O–H groups in total. The molecule has 172 valence electrons. The molecule has 0 bridgehead atoms. The van der Waals surface area contributed by atoms with E-state index in [4.69, 9.17) is 18.9 Å². The van der Waals surface area contributed by atoms with E-state index in [0.717, 1.165) is 60.0 Å². The lowest BCUT2D eigenvalue weighted by molar-refractivity contribution is -0.985. The summed E-state index contributed by atoms with van der Waals surface area (Å²) in [6.07, 6.45) is 1.95. The fourth-order valence-corrected chi connectivity index (χ4v) is 5.86. The molecule has 0 radical (unpaired) electrons. The predicted molar refractivity (Wildman–Crippen MR) is 128 cm³/mol. The minimum absolute atomic E-state index is 0.333. The lowest BCUT2D eigenvalue weighted by Gasteiger charge is -2.51. The molecule has 2 aliphatic heterocycles. The van der Waals surface area contributed by atoms with E-state index in [1.165, 1.54) is 27.8 Å². The summed E-state index contributed by atoms with van der Waals surface area (Å²) < 4.78 is 23.8. The Labute approximate surface area is 196 Å². The Balaban J connectivity index is 1.68. The zero-order valence-electron chi connectivity index (χ0n) is 19.9. The number of fused-ring (bicyclic) bond motifs is 4. The monoisotopic (exact) mass is 446 g/mol. The molecule has 0 saturated carbocycles. The highest BCUT2D eigenvalue weighted by Crippen LogP contribution is 2.50. The van der Waals surface area contributed by atoms with Crippen molar-refractivity contribution >= 4 is 0 Å². The van der Waals surface area contributed by atoms with Gasteiger partial charge in [0.2, 0.25) is 0 Å². The third kappa shape index (κ3) is 3.61. The van der Waals surface area contributed by atoms with E-state index in [-0.39, 0.29) is 0 Å². The van der Waals surface area contributed by atoms with Gasteiger partial charge in [0.1, 0.15) is 19.1 Å². The fraction of sp³-hybridized carbons (Fsp3) is 0.357. The Morgan fingerprint density at radius 1 is 0.788 bits per heavy atom. The van der Waals surface area contributed by atoms with Crippen molar-refractivity contribution in [2.75, 3.05) is 35.0 Å². The van der Waals surface area contributed by atoms with Crippen molar-refractivity contribution in [3.63, 3.8) is 0 Å². The van der Waals surface area contributed by atoms with Gasteiger partial charge in [0.25, 0.3) is 0 Å². The SMILES string of the molecule is COc1cc2c(cc1OC)C1Cc3ccc(OC)c(OC)c3C[N+]1(Cc1ccccc1)CC2. The van der Waals surface area contributed by atoms with E-state index in [1.54, 1.807) is 28.4 Å². The first-order chi connectivity index (χ1) is 16.1. The minimum Gasteiger partial charge on any atom is -0.493 e. The average Bonchev–Trinajstić information content (AvgIpc) is 2.86. The average molecular weight is 447 g/mol. The predicted octanol–water partition coefficient (Wildman–Crippen LogP) is 5.09. The molecule has 2 heterocycles. The molecule has 5 nitrogen and oxygen atoms in total. The van der Waals surface area contributed by atoms with Crippen LogP contribution in [0.5, 0.6) is 23.0 Å². The third-order valence-corrected chi connectivity index (χ3v) is 7.46. The van der Waals surface area contributed by atoms with Crippen LogP contribution in [0.4, 0.5) is 0 Å². The molecule has 2 unspecified atom stereocenters. The highest BCUT2D eigenvalue weighted by Gasteiger charge is 2.47. The molecule has 0 spiro atoms. The number of methoxy groups -OCH3 is 4. The lowest BCUT2D eigenvalue weighted by Crippen LogP contribution is -2.55. The van der Waals surface area contributed by atoms with Gasteiger partial charge >= 0.3 is 0 Å². The Morgan fingerprint density at radius 2 is 1.52 bits per heavy atom. The molecule has 3 aromatic carbocycles. The maximum atomic E-state index is 5.87. The second-order valence-electron chi connectivity index (χ2n) is 9.06. The van der Waals surface area contributed by atoms with Crippen molar-refractivity contribution < 1.29 is 23.4 Å². The third-order valence-electron chi connectivity index (χ3n) is 7.46. The zero-order valence-corrected chi connectivity index (χ0v) is 19.9. The highest BCUT2D eigenvalue weighted by molar-refractivity contribution is 5.53. The van der Waals surface area contributed by atoms with E-state index < -0.39 is 0 Å². The van der Waals surface area contributed by atoms with Crippen LogP contribution in [0, 0.1) is 0 Å². The first kappa shape index (κ1) is 21.7. The van der Waals surface area contributed by atoms with Crippen molar-refractivity contribution in [3.05, 3.63) is 82.4 Å². The van der Waals surface area contributed by atoms with Crippen LogP contribution < -0.4 is 18.9 Å². The molecule has 0 aliphatic carbocycles. The number of ether oxygens (including phenoxy) is 4.